The minimum absolute atomic E-state index is 0.0514. The molecule has 0 aliphatic carbocycles. The molecule has 2 aromatic rings. The lowest BCUT2D eigenvalue weighted by molar-refractivity contribution is 0.0696. The van der Waals surface area contributed by atoms with Crippen LogP contribution in [0.1, 0.15) is 39.8 Å². The minimum atomic E-state index is -1.07. The predicted octanol–water partition coefficient (Wildman–Crippen LogP) is 2.98. The Kier molecular flexibility index (Phi) is 4.66. The number of hydrogen-bond acceptors (Lipinski definition) is 3. The monoisotopic (exact) mass is 284 g/mol. The molecule has 0 radical (unpaired) electrons. The highest BCUT2D eigenvalue weighted by Gasteiger charge is 2.09. The maximum absolute atomic E-state index is 12.0. The first-order chi connectivity index (χ1) is 10.1. The van der Waals surface area contributed by atoms with E-state index in [1.54, 1.807) is 0 Å². The largest absolute Gasteiger partial charge is 0.478 e. The maximum atomic E-state index is 12.0. The van der Waals surface area contributed by atoms with Gasteiger partial charge in [-0.3, -0.25) is 9.78 Å². The highest BCUT2D eigenvalue weighted by Crippen LogP contribution is 2.12. The summed E-state index contributed by atoms with van der Waals surface area (Å²) in [6.45, 7) is 2.11. The Morgan fingerprint density at radius 2 is 1.86 bits per heavy atom. The number of carboxylic acid groups (broad SMARTS) is 1. The van der Waals surface area contributed by atoms with E-state index in [1.165, 1.54) is 23.9 Å². The smallest absolute Gasteiger partial charge is 0.337 e. The highest BCUT2D eigenvalue weighted by atomic mass is 16.4. The molecule has 0 saturated carbocycles. The lowest BCUT2D eigenvalue weighted by atomic mass is 10.1. The topological polar surface area (TPSA) is 79.3 Å². The van der Waals surface area contributed by atoms with Gasteiger partial charge in [0.15, 0.2) is 0 Å². The summed E-state index contributed by atoms with van der Waals surface area (Å²) in [5.41, 5.74) is 2.14. The number of anilines is 1. The number of hydrogen-bond donors (Lipinski definition) is 2. The van der Waals surface area contributed by atoms with E-state index in [2.05, 4.69) is 17.2 Å². The molecule has 2 N–H and O–H groups in total. The Morgan fingerprint density at radius 3 is 2.38 bits per heavy atom. The van der Waals surface area contributed by atoms with Crippen LogP contribution in [0.15, 0.2) is 42.6 Å². The molecule has 0 aliphatic rings. The molecular formula is C16H16N2O3. The number of amides is 1. The molecule has 1 aromatic carbocycles. The number of nitrogens with one attached hydrogen (secondary N) is 1. The Labute approximate surface area is 122 Å². The van der Waals surface area contributed by atoms with Gasteiger partial charge in [0.1, 0.15) is 5.69 Å². The van der Waals surface area contributed by atoms with Crippen LogP contribution in [0.4, 0.5) is 5.69 Å². The number of pyridine rings is 1. The van der Waals surface area contributed by atoms with Crippen molar-refractivity contribution in [2.45, 2.75) is 19.8 Å². The Morgan fingerprint density at radius 1 is 1.14 bits per heavy atom. The molecule has 21 heavy (non-hydrogen) atoms. The number of aromatic nitrogens is 1. The zero-order chi connectivity index (χ0) is 15.2. The number of benzene rings is 1. The summed E-state index contributed by atoms with van der Waals surface area (Å²) < 4.78 is 0. The number of carboxylic acids is 1. The summed E-state index contributed by atoms with van der Waals surface area (Å²) in [5.74, 6) is -1.43. The molecule has 1 heterocycles. The van der Waals surface area contributed by atoms with Crippen LogP contribution in [0.25, 0.3) is 0 Å². The number of aromatic carboxylic acids is 1. The van der Waals surface area contributed by atoms with Gasteiger partial charge in [-0.1, -0.05) is 25.5 Å². The van der Waals surface area contributed by atoms with Gasteiger partial charge in [0.25, 0.3) is 5.91 Å². The van der Waals surface area contributed by atoms with Gasteiger partial charge in [-0.05, 0) is 36.2 Å². The van der Waals surface area contributed by atoms with Crippen LogP contribution in [-0.2, 0) is 6.42 Å². The summed E-state index contributed by atoms with van der Waals surface area (Å²) in [4.78, 5) is 26.6. The van der Waals surface area contributed by atoms with Gasteiger partial charge in [-0.15, -0.1) is 0 Å². The Balaban J connectivity index is 2.05. The van der Waals surface area contributed by atoms with E-state index in [4.69, 9.17) is 5.11 Å². The lowest BCUT2D eigenvalue weighted by Gasteiger charge is -2.06. The van der Waals surface area contributed by atoms with E-state index in [1.807, 2.05) is 24.3 Å². The third-order valence-electron chi connectivity index (χ3n) is 2.99. The predicted molar refractivity (Wildman–Crippen MR) is 79.6 cm³/mol. The first kappa shape index (κ1) is 14.7. The van der Waals surface area contributed by atoms with Gasteiger partial charge in [0, 0.05) is 11.9 Å². The summed E-state index contributed by atoms with van der Waals surface area (Å²) in [7, 11) is 0. The second-order valence-corrected chi connectivity index (χ2v) is 4.64. The minimum Gasteiger partial charge on any atom is -0.478 e. The van der Waals surface area contributed by atoms with Gasteiger partial charge in [-0.25, -0.2) is 4.79 Å². The zero-order valence-corrected chi connectivity index (χ0v) is 11.7. The van der Waals surface area contributed by atoms with Crippen LogP contribution >= 0.6 is 0 Å². The SMILES string of the molecule is CCCc1ccc(NC(=O)c2ccc(C(=O)O)cn2)cc1. The molecule has 0 spiro atoms. The van der Waals surface area contributed by atoms with Gasteiger partial charge >= 0.3 is 5.97 Å². The fraction of sp³-hybridized carbons (Fsp3) is 0.188. The Hall–Kier alpha value is -2.69. The standard InChI is InChI=1S/C16H16N2O3/c1-2-3-11-4-7-13(8-5-11)18-15(19)14-9-6-12(10-17-14)16(20)21/h4-10H,2-3H2,1H3,(H,18,19)(H,20,21). The van der Waals surface area contributed by atoms with E-state index < -0.39 is 5.97 Å². The van der Waals surface area contributed by atoms with E-state index in [-0.39, 0.29) is 17.2 Å². The molecule has 0 aliphatic heterocycles. The zero-order valence-electron chi connectivity index (χ0n) is 11.7. The summed E-state index contributed by atoms with van der Waals surface area (Å²) in [6.07, 6.45) is 3.25. The molecule has 0 bridgehead atoms. The van der Waals surface area contributed by atoms with Crippen molar-refractivity contribution in [3.05, 3.63) is 59.4 Å². The molecule has 5 nitrogen and oxygen atoms in total. The van der Waals surface area contributed by atoms with E-state index in [0.29, 0.717) is 5.69 Å². The maximum Gasteiger partial charge on any atom is 0.337 e. The quantitative estimate of drug-likeness (QED) is 0.884. The van der Waals surface area contributed by atoms with E-state index in [9.17, 15) is 9.59 Å². The van der Waals surface area contributed by atoms with Gasteiger partial charge < -0.3 is 10.4 Å². The van der Waals surface area contributed by atoms with Crippen molar-refractivity contribution < 1.29 is 14.7 Å². The van der Waals surface area contributed by atoms with Crippen LogP contribution in [0.3, 0.4) is 0 Å². The molecule has 108 valence electrons. The number of rotatable bonds is 5. The van der Waals surface area contributed by atoms with Crippen molar-refractivity contribution in [1.29, 1.82) is 0 Å². The molecule has 0 atom stereocenters. The molecule has 0 unspecified atom stereocenters. The van der Waals surface area contributed by atoms with Crippen molar-refractivity contribution in [2.24, 2.45) is 0 Å². The Bertz CT molecular complexity index is 634. The van der Waals surface area contributed by atoms with Crippen LogP contribution in [0, 0.1) is 0 Å². The van der Waals surface area contributed by atoms with Gasteiger partial charge in [0.2, 0.25) is 0 Å². The van der Waals surface area contributed by atoms with Crippen molar-refractivity contribution >= 4 is 17.6 Å². The third kappa shape index (κ3) is 3.89. The van der Waals surface area contributed by atoms with E-state index in [0.717, 1.165) is 12.8 Å². The normalized spacial score (nSPS) is 10.1. The van der Waals surface area contributed by atoms with E-state index >= 15 is 0 Å². The third-order valence-corrected chi connectivity index (χ3v) is 2.99. The highest BCUT2D eigenvalue weighted by molar-refractivity contribution is 6.03. The second kappa shape index (κ2) is 6.65. The average Bonchev–Trinajstić information content (AvgIpc) is 2.49. The van der Waals surface area contributed by atoms with Crippen LogP contribution in [0.2, 0.25) is 0 Å². The van der Waals surface area contributed by atoms with Crippen LogP contribution < -0.4 is 5.32 Å². The summed E-state index contributed by atoms with van der Waals surface area (Å²) in [5, 5.41) is 11.5. The molecule has 0 saturated heterocycles. The number of aryl methyl sites for hydroxylation is 1. The molecule has 0 fully saturated rings. The number of nitrogens with zero attached hydrogens (tertiary/aromatic N) is 1. The molecule has 2 rings (SSSR count). The van der Waals surface area contributed by atoms with Crippen molar-refractivity contribution in [3.63, 3.8) is 0 Å². The molecule has 1 aromatic heterocycles. The van der Waals surface area contributed by atoms with Gasteiger partial charge in [0.05, 0.1) is 5.56 Å². The molecule has 1 amide bonds. The van der Waals surface area contributed by atoms with Crippen LogP contribution in [-0.4, -0.2) is 22.0 Å². The fourth-order valence-electron chi connectivity index (χ4n) is 1.89. The molecule has 5 heteroatoms. The first-order valence-electron chi connectivity index (χ1n) is 6.70. The molecular weight excluding hydrogens is 268 g/mol. The average molecular weight is 284 g/mol. The first-order valence-corrected chi connectivity index (χ1v) is 6.70. The summed E-state index contributed by atoms with van der Waals surface area (Å²) in [6, 6.07) is 10.4. The fourth-order valence-corrected chi connectivity index (χ4v) is 1.89. The lowest BCUT2D eigenvalue weighted by Crippen LogP contribution is -2.14. The number of carbonyl (C=O) groups excluding carboxylic acids is 1. The van der Waals surface area contributed by atoms with Gasteiger partial charge in [-0.2, -0.15) is 0 Å². The van der Waals surface area contributed by atoms with Crippen molar-refractivity contribution in [1.82, 2.24) is 4.98 Å². The van der Waals surface area contributed by atoms with Crippen molar-refractivity contribution in [2.75, 3.05) is 5.32 Å². The second-order valence-electron chi connectivity index (χ2n) is 4.64. The van der Waals surface area contributed by atoms with Crippen molar-refractivity contribution in [3.8, 4) is 0 Å². The number of carbonyl (C=O) groups is 2. The van der Waals surface area contributed by atoms with Crippen LogP contribution in [0.5, 0.6) is 0 Å². The summed E-state index contributed by atoms with van der Waals surface area (Å²) >= 11 is 0.